The van der Waals surface area contributed by atoms with Crippen LogP contribution in [0.3, 0.4) is 0 Å². The highest BCUT2D eigenvalue weighted by atomic mass is 14.4. The average Bonchev–Trinajstić information content (AvgIpc) is 2.54. The topological polar surface area (TPSA) is 0 Å². The van der Waals surface area contributed by atoms with Gasteiger partial charge in [-0.05, 0) is 30.6 Å². The van der Waals surface area contributed by atoms with Gasteiger partial charge in [-0.15, -0.1) is 0 Å². The van der Waals surface area contributed by atoms with E-state index in [-0.39, 0.29) is 0 Å². The molecule has 0 aromatic rings. The van der Waals surface area contributed by atoms with Crippen LogP contribution in [0.15, 0.2) is 23.8 Å². The molecule has 0 amide bonds. The monoisotopic (exact) mass is 148 g/mol. The van der Waals surface area contributed by atoms with Gasteiger partial charge in [-0.25, -0.2) is 0 Å². The van der Waals surface area contributed by atoms with Crippen LogP contribution >= 0.6 is 0 Å². The van der Waals surface area contributed by atoms with E-state index in [0.717, 1.165) is 17.8 Å². The minimum Gasteiger partial charge on any atom is -0.0847 e. The van der Waals surface area contributed by atoms with Crippen LogP contribution in [-0.2, 0) is 0 Å². The fourth-order valence-corrected chi connectivity index (χ4v) is 2.50. The Bertz CT molecular complexity index is 210. The first-order chi connectivity index (χ1) is 5.33. The van der Waals surface area contributed by atoms with E-state index in [4.69, 9.17) is 0 Å². The maximum absolute atomic E-state index is 2.43. The van der Waals surface area contributed by atoms with E-state index in [1.165, 1.54) is 12.8 Å². The van der Waals surface area contributed by atoms with Gasteiger partial charge >= 0.3 is 0 Å². The lowest BCUT2D eigenvalue weighted by atomic mass is 9.90. The predicted octanol–water partition coefficient (Wildman–Crippen LogP) is 3.16. The van der Waals surface area contributed by atoms with Gasteiger partial charge in [-0.2, -0.15) is 0 Å². The quantitative estimate of drug-likeness (QED) is 0.501. The molecule has 3 unspecified atom stereocenters. The zero-order chi connectivity index (χ0) is 7.84. The molecule has 2 aliphatic carbocycles. The van der Waals surface area contributed by atoms with Crippen LogP contribution in [-0.4, -0.2) is 0 Å². The lowest BCUT2D eigenvalue weighted by Crippen LogP contribution is -2.05. The van der Waals surface area contributed by atoms with Gasteiger partial charge in [0, 0.05) is 0 Å². The third-order valence-electron chi connectivity index (χ3n) is 3.15. The number of rotatable bonds is 1. The van der Waals surface area contributed by atoms with Gasteiger partial charge in [0.2, 0.25) is 0 Å². The van der Waals surface area contributed by atoms with Crippen LogP contribution < -0.4 is 0 Å². The maximum Gasteiger partial charge on any atom is -0.00145 e. The van der Waals surface area contributed by atoms with E-state index in [0.29, 0.717) is 0 Å². The molecule has 1 saturated carbocycles. The van der Waals surface area contributed by atoms with Crippen LogP contribution in [0.1, 0.15) is 26.7 Å². The molecule has 11 heavy (non-hydrogen) atoms. The minimum absolute atomic E-state index is 0.815. The molecule has 0 spiro atoms. The zero-order valence-electron chi connectivity index (χ0n) is 7.38. The fourth-order valence-electron chi connectivity index (χ4n) is 2.50. The first-order valence-electron chi connectivity index (χ1n) is 4.71. The minimum atomic E-state index is 0.815. The maximum atomic E-state index is 2.43. The Kier molecular flexibility index (Phi) is 1.63. The Morgan fingerprint density at radius 1 is 1.55 bits per heavy atom. The molecule has 0 heterocycles. The molecule has 3 atom stereocenters. The van der Waals surface area contributed by atoms with Gasteiger partial charge in [-0.3, -0.25) is 0 Å². The van der Waals surface area contributed by atoms with Crippen molar-refractivity contribution in [1.29, 1.82) is 0 Å². The van der Waals surface area contributed by atoms with Crippen LogP contribution in [0.2, 0.25) is 0 Å². The Hall–Kier alpha value is -0.520. The van der Waals surface area contributed by atoms with Crippen LogP contribution in [0.5, 0.6) is 0 Å². The highest BCUT2D eigenvalue weighted by Crippen LogP contribution is 2.47. The zero-order valence-corrected chi connectivity index (χ0v) is 7.38. The molecule has 0 aromatic carbocycles. The van der Waals surface area contributed by atoms with Crippen molar-refractivity contribution in [3.05, 3.63) is 23.8 Å². The molecule has 0 nitrogen and oxygen atoms in total. The fraction of sp³-hybridized carbons (Fsp3) is 0.636. The van der Waals surface area contributed by atoms with Crippen molar-refractivity contribution in [2.24, 2.45) is 17.8 Å². The first-order valence-corrected chi connectivity index (χ1v) is 4.71. The Balaban J connectivity index is 2.25. The lowest BCUT2D eigenvalue weighted by molar-refractivity contribution is 0.555. The number of fused-ring (bicyclic) bond motifs is 2. The van der Waals surface area contributed by atoms with E-state index in [2.05, 4.69) is 32.1 Å². The summed E-state index contributed by atoms with van der Waals surface area (Å²) < 4.78 is 0. The molecule has 0 saturated heterocycles. The molecular formula is C11H16. The van der Waals surface area contributed by atoms with Gasteiger partial charge in [0.25, 0.3) is 0 Å². The van der Waals surface area contributed by atoms with Crippen molar-refractivity contribution in [1.82, 2.24) is 0 Å². The van der Waals surface area contributed by atoms with Gasteiger partial charge in [-0.1, -0.05) is 37.6 Å². The standard InChI is InChI=1S/C11H16/c1-3-4-11-8(2)9-5-6-10(11)7-9/h4-6,8-10H,3,7H2,1-2H3. The number of hydrogen-bond donors (Lipinski definition) is 0. The molecule has 0 aliphatic heterocycles. The second-order valence-corrected chi connectivity index (χ2v) is 3.79. The molecule has 0 N–H and O–H groups in total. The summed E-state index contributed by atoms with van der Waals surface area (Å²) in [6.45, 7) is 4.60. The summed E-state index contributed by atoms with van der Waals surface area (Å²) in [4.78, 5) is 0. The van der Waals surface area contributed by atoms with E-state index in [1.54, 1.807) is 5.57 Å². The van der Waals surface area contributed by atoms with Crippen molar-refractivity contribution >= 4 is 0 Å². The summed E-state index contributed by atoms with van der Waals surface area (Å²) in [5, 5.41) is 0. The van der Waals surface area contributed by atoms with E-state index < -0.39 is 0 Å². The third-order valence-corrected chi connectivity index (χ3v) is 3.15. The van der Waals surface area contributed by atoms with E-state index in [9.17, 15) is 0 Å². The summed E-state index contributed by atoms with van der Waals surface area (Å²) in [5.41, 5.74) is 1.71. The van der Waals surface area contributed by atoms with Crippen molar-refractivity contribution in [3.8, 4) is 0 Å². The molecule has 1 fully saturated rings. The van der Waals surface area contributed by atoms with Gasteiger partial charge < -0.3 is 0 Å². The summed E-state index contributed by atoms with van der Waals surface area (Å²) >= 11 is 0. The lowest BCUT2D eigenvalue weighted by Gasteiger charge is -2.16. The highest BCUT2D eigenvalue weighted by molar-refractivity contribution is 5.29. The van der Waals surface area contributed by atoms with E-state index in [1.807, 2.05) is 0 Å². The molecule has 0 heteroatoms. The summed E-state index contributed by atoms with van der Waals surface area (Å²) in [6.07, 6.45) is 9.83. The van der Waals surface area contributed by atoms with Crippen LogP contribution in [0.4, 0.5) is 0 Å². The second-order valence-electron chi connectivity index (χ2n) is 3.79. The van der Waals surface area contributed by atoms with Gasteiger partial charge in [0.1, 0.15) is 0 Å². The Labute approximate surface area is 69.0 Å². The van der Waals surface area contributed by atoms with Crippen molar-refractivity contribution < 1.29 is 0 Å². The van der Waals surface area contributed by atoms with Gasteiger partial charge in [0.05, 0.1) is 0 Å². The van der Waals surface area contributed by atoms with Crippen molar-refractivity contribution in [2.45, 2.75) is 26.7 Å². The summed E-state index contributed by atoms with van der Waals surface area (Å²) in [5.74, 6) is 2.53. The molecule has 0 radical (unpaired) electrons. The Morgan fingerprint density at radius 2 is 2.36 bits per heavy atom. The van der Waals surface area contributed by atoms with Crippen LogP contribution in [0.25, 0.3) is 0 Å². The number of allylic oxidation sites excluding steroid dienone is 4. The number of hydrogen-bond acceptors (Lipinski definition) is 0. The average molecular weight is 148 g/mol. The molecule has 2 aliphatic rings. The van der Waals surface area contributed by atoms with Gasteiger partial charge in [0.15, 0.2) is 0 Å². The van der Waals surface area contributed by atoms with E-state index >= 15 is 0 Å². The second kappa shape index (κ2) is 2.51. The molecule has 2 rings (SSSR count). The molecular weight excluding hydrogens is 132 g/mol. The van der Waals surface area contributed by atoms with Crippen molar-refractivity contribution in [3.63, 3.8) is 0 Å². The SMILES string of the molecule is CCC=C1C2C=CC(C2)C1C. The molecule has 0 aromatic heterocycles. The third kappa shape index (κ3) is 0.962. The first kappa shape index (κ1) is 7.15. The summed E-state index contributed by atoms with van der Waals surface area (Å²) in [6, 6.07) is 0. The summed E-state index contributed by atoms with van der Waals surface area (Å²) in [7, 11) is 0. The molecule has 2 bridgehead atoms. The molecule has 60 valence electrons. The van der Waals surface area contributed by atoms with Crippen molar-refractivity contribution in [2.75, 3.05) is 0 Å². The van der Waals surface area contributed by atoms with Crippen LogP contribution in [0, 0.1) is 17.8 Å². The normalized spacial score (nSPS) is 44.2. The predicted molar refractivity (Wildman–Crippen MR) is 48.3 cm³/mol. The smallest absolute Gasteiger partial charge is 0.00145 e. The highest BCUT2D eigenvalue weighted by Gasteiger charge is 2.36. The Morgan fingerprint density at radius 3 is 2.91 bits per heavy atom. The largest absolute Gasteiger partial charge is 0.0847 e.